The first kappa shape index (κ1) is 16.1. The molecule has 0 aliphatic heterocycles. The zero-order valence-corrected chi connectivity index (χ0v) is 10.2. The van der Waals surface area contributed by atoms with Crippen LogP contribution in [0.5, 0.6) is 0 Å². The first-order chi connectivity index (χ1) is 5.55. The summed E-state index contributed by atoms with van der Waals surface area (Å²) in [6, 6.07) is 4.79. The Kier molecular flexibility index (Phi) is 7.11. The minimum absolute atomic E-state index is 0. The Bertz CT molecular complexity index is 353. The highest BCUT2D eigenvalue weighted by Gasteiger charge is 2.17. The van der Waals surface area contributed by atoms with E-state index in [0.717, 1.165) is 4.31 Å². The van der Waals surface area contributed by atoms with Crippen LogP contribution >= 0.6 is 24.8 Å². The van der Waals surface area contributed by atoms with Gasteiger partial charge in [0.25, 0.3) is 10.0 Å². The van der Waals surface area contributed by atoms with Crippen LogP contribution in [0, 0.1) is 0 Å². The van der Waals surface area contributed by atoms with Crippen LogP contribution in [0.15, 0.2) is 29.4 Å². The molecular weight excluding hydrogens is 247 g/mol. The standard InChI is InChI=1S/C7H10N2O2S.2ClH/c1-9(2)12(10,11)7-5-3-4-6-8-7;;/h3-6H,1-2H3;2*1H. The molecule has 0 spiro atoms. The van der Waals surface area contributed by atoms with Crippen LogP contribution in [0.4, 0.5) is 0 Å². The van der Waals surface area contributed by atoms with E-state index in [2.05, 4.69) is 4.98 Å². The molecule has 7 heteroatoms. The van der Waals surface area contributed by atoms with Gasteiger partial charge >= 0.3 is 0 Å². The highest BCUT2D eigenvalue weighted by atomic mass is 35.5. The molecule has 1 heterocycles. The largest absolute Gasteiger partial charge is 0.260 e. The molecule has 0 bridgehead atoms. The van der Waals surface area contributed by atoms with Crippen LogP contribution in [0.2, 0.25) is 0 Å². The summed E-state index contributed by atoms with van der Waals surface area (Å²) in [6.45, 7) is 0. The van der Waals surface area contributed by atoms with Crippen molar-refractivity contribution in [2.24, 2.45) is 0 Å². The molecule has 82 valence electrons. The maximum Gasteiger partial charge on any atom is 0.260 e. The van der Waals surface area contributed by atoms with Crippen molar-refractivity contribution in [1.29, 1.82) is 0 Å². The van der Waals surface area contributed by atoms with Crippen molar-refractivity contribution in [2.75, 3.05) is 14.1 Å². The molecule has 0 unspecified atom stereocenters. The van der Waals surface area contributed by atoms with Gasteiger partial charge in [0.15, 0.2) is 5.03 Å². The zero-order chi connectivity index (χ0) is 9.19. The fourth-order valence-electron chi connectivity index (χ4n) is 0.687. The monoisotopic (exact) mass is 258 g/mol. The van der Waals surface area contributed by atoms with Gasteiger partial charge in [-0.1, -0.05) is 6.07 Å². The third-order valence-electron chi connectivity index (χ3n) is 1.38. The third kappa shape index (κ3) is 3.42. The van der Waals surface area contributed by atoms with Gasteiger partial charge in [-0.2, -0.15) is 0 Å². The Hall–Kier alpha value is -0.360. The predicted octanol–water partition coefficient (Wildman–Crippen LogP) is 1.18. The summed E-state index contributed by atoms with van der Waals surface area (Å²) in [5.41, 5.74) is 0. The second-order valence-electron chi connectivity index (χ2n) is 2.46. The molecule has 0 saturated carbocycles. The van der Waals surface area contributed by atoms with Crippen molar-refractivity contribution in [3.63, 3.8) is 0 Å². The van der Waals surface area contributed by atoms with Gasteiger partial charge in [0, 0.05) is 20.3 Å². The molecule has 0 radical (unpaired) electrons. The average molecular weight is 259 g/mol. The van der Waals surface area contributed by atoms with Gasteiger partial charge < -0.3 is 0 Å². The predicted molar refractivity (Wildman–Crippen MR) is 59.6 cm³/mol. The number of halogens is 2. The molecule has 0 aromatic carbocycles. The Morgan fingerprint density at radius 3 is 2.14 bits per heavy atom. The van der Waals surface area contributed by atoms with Crippen molar-refractivity contribution in [3.8, 4) is 0 Å². The van der Waals surface area contributed by atoms with E-state index in [1.807, 2.05) is 0 Å². The normalized spacial score (nSPS) is 10.2. The molecule has 0 saturated heterocycles. The fraction of sp³-hybridized carbons (Fsp3) is 0.286. The molecule has 0 aliphatic carbocycles. The first-order valence-corrected chi connectivity index (χ1v) is 4.83. The van der Waals surface area contributed by atoms with Crippen molar-refractivity contribution in [3.05, 3.63) is 24.4 Å². The van der Waals surface area contributed by atoms with E-state index in [0.29, 0.717) is 0 Å². The molecule has 1 aromatic rings. The summed E-state index contributed by atoms with van der Waals surface area (Å²) in [5, 5.41) is 0.0787. The van der Waals surface area contributed by atoms with Crippen molar-refractivity contribution in [2.45, 2.75) is 5.03 Å². The van der Waals surface area contributed by atoms with E-state index in [4.69, 9.17) is 0 Å². The summed E-state index contributed by atoms with van der Waals surface area (Å²) in [4.78, 5) is 3.74. The van der Waals surface area contributed by atoms with Gasteiger partial charge in [-0.05, 0) is 12.1 Å². The highest BCUT2D eigenvalue weighted by Crippen LogP contribution is 2.07. The first-order valence-electron chi connectivity index (χ1n) is 3.38. The lowest BCUT2D eigenvalue weighted by Crippen LogP contribution is -2.22. The van der Waals surface area contributed by atoms with Gasteiger partial charge in [-0.15, -0.1) is 24.8 Å². The Labute approximate surface area is 96.2 Å². The number of sulfonamides is 1. The van der Waals surface area contributed by atoms with Crippen LogP contribution in [-0.2, 0) is 10.0 Å². The molecule has 1 rings (SSSR count). The molecular formula is C7H12Cl2N2O2S. The minimum Gasteiger partial charge on any atom is -0.243 e. The summed E-state index contributed by atoms with van der Waals surface area (Å²) in [6.07, 6.45) is 1.45. The number of hydrogen-bond acceptors (Lipinski definition) is 3. The second-order valence-corrected chi connectivity index (χ2v) is 4.55. The fourth-order valence-corrected chi connectivity index (χ4v) is 1.51. The zero-order valence-electron chi connectivity index (χ0n) is 7.75. The molecule has 0 fully saturated rings. The van der Waals surface area contributed by atoms with E-state index < -0.39 is 10.0 Å². The molecule has 1 aromatic heterocycles. The van der Waals surface area contributed by atoms with Crippen molar-refractivity contribution < 1.29 is 8.42 Å². The minimum atomic E-state index is -3.35. The van der Waals surface area contributed by atoms with Gasteiger partial charge in [-0.3, -0.25) is 0 Å². The van der Waals surface area contributed by atoms with Gasteiger partial charge in [0.2, 0.25) is 0 Å². The second kappa shape index (κ2) is 6.19. The Balaban J connectivity index is 0. The summed E-state index contributed by atoms with van der Waals surface area (Å²) >= 11 is 0. The highest BCUT2D eigenvalue weighted by molar-refractivity contribution is 7.89. The Morgan fingerprint density at radius 2 is 1.79 bits per heavy atom. The van der Waals surface area contributed by atoms with Gasteiger partial charge in [0.05, 0.1) is 0 Å². The van der Waals surface area contributed by atoms with E-state index in [9.17, 15) is 8.42 Å². The molecule has 4 nitrogen and oxygen atoms in total. The topological polar surface area (TPSA) is 50.3 Å². The molecule has 0 amide bonds. The Morgan fingerprint density at radius 1 is 1.21 bits per heavy atom. The molecule has 14 heavy (non-hydrogen) atoms. The number of hydrogen-bond donors (Lipinski definition) is 0. The lowest BCUT2D eigenvalue weighted by Gasteiger charge is -2.09. The summed E-state index contributed by atoms with van der Waals surface area (Å²) in [5.74, 6) is 0. The quantitative estimate of drug-likeness (QED) is 0.801. The lowest BCUT2D eigenvalue weighted by molar-refractivity contribution is 0.517. The average Bonchev–Trinajstić information content (AvgIpc) is 2.06. The van der Waals surface area contributed by atoms with E-state index in [1.54, 1.807) is 12.1 Å². The molecule has 0 aliphatic rings. The third-order valence-corrected chi connectivity index (χ3v) is 3.11. The maximum atomic E-state index is 11.4. The van der Waals surface area contributed by atoms with Crippen LogP contribution in [-0.4, -0.2) is 31.8 Å². The van der Waals surface area contributed by atoms with Crippen LogP contribution in [0.3, 0.4) is 0 Å². The number of aromatic nitrogens is 1. The van der Waals surface area contributed by atoms with E-state index in [1.165, 1.54) is 26.4 Å². The van der Waals surface area contributed by atoms with Gasteiger partial charge in [-0.25, -0.2) is 17.7 Å². The lowest BCUT2D eigenvalue weighted by atomic mass is 10.5. The maximum absolute atomic E-state index is 11.4. The van der Waals surface area contributed by atoms with Gasteiger partial charge in [0.1, 0.15) is 0 Å². The molecule has 0 N–H and O–H groups in total. The number of nitrogens with zero attached hydrogens (tertiary/aromatic N) is 2. The van der Waals surface area contributed by atoms with Crippen LogP contribution < -0.4 is 0 Å². The van der Waals surface area contributed by atoms with Crippen molar-refractivity contribution >= 4 is 34.8 Å². The summed E-state index contributed by atoms with van der Waals surface area (Å²) in [7, 11) is -0.402. The van der Waals surface area contributed by atoms with Crippen LogP contribution in [0.1, 0.15) is 0 Å². The van der Waals surface area contributed by atoms with Crippen LogP contribution in [0.25, 0.3) is 0 Å². The summed E-state index contributed by atoms with van der Waals surface area (Å²) < 4.78 is 23.9. The number of rotatable bonds is 2. The smallest absolute Gasteiger partial charge is 0.243 e. The molecule has 0 atom stereocenters. The SMILES string of the molecule is CN(C)S(=O)(=O)c1ccccn1.Cl.Cl. The van der Waals surface area contributed by atoms with E-state index in [-0.39, 0.29) is 29.8 Å². The van der Waals surface area contributed by atoms with E-state index >= 15 is 0 Å². The van der Waals surface area contributed by atoms with Crippen molar-refractivity contribution in [1.82, 2.24) is 9.29 Å². The number of pyridine rings is 1.